The molecule has 0 spiro atoms. The number of hydrogen-bond acceptors (Lipinski definition) is 6. The fraction of sp³-hybridized carbons (Fsp3) is 0.462. The van der Waals surface area contributed by atoms with Gasteiger partial charge in [-0.15, -0.1) is 0 Å². The molecule has 2 saturated heterocycles. The topological polar surface area (TPSA) is 92.2 Å². The molecule has 3 aromatic heterocycles. The second kappa shape index (κ2) is 7.96. The SMILES string of the molecule is CCn1cnc2c(-c3ccc4cc[nH]c4c3)nc(N3CC4CN(C(=O)OC(C)(C)C)CC4C3)nc21. The lowest BCUT2D eigenvalue weighted by Crippen LogP contribution is -2.37. The second-order valence-corrected chi connectivity index (χ2v) is 10.7. The van der Waals surface area contributed by atoms with E-state index in [9.17, 15) is 4.79 Å². The van der Waals surface area contributed by atoms with E-state index in [1.54, 1.807) is 0 Å². The van der Waals surface area contributed by atoms with Crippen molar-refractivity contribution in [3.8, 4) is 11.3 Å². The van der Waals surface area contributed by atoms with Gasteiger partial charge >= 0.3 is 6.09 Å². The van der Waals surface area contributed by atoms with E-state index in [0.29, 0.717) is 24.9 Å². The molecule has 2 fully saturated rings. The summed E-state index contributed by atoms with van der Waals surface area (Å²) in [7, 11) is 0. The number of amides is 1. The smallest absolute Gasteiger partial charge is 0.410 e. The van der Waals surface area contributed by atoms with Gasteiger partial charge in [-0.3, -0.25) is 0 Å². The van der Waals surface area contributed by atoms with Gasteiger partial charge in [0.1, 0.15) is 16.8 Å². The van der Waals surface area contributed by atoms with Gasteiger partial charge in [0.2, 0.25) is 5.95 Å². The largest absolute Gasteiger partial charge is 0.444 e. The van der Waals surface area contributed by atoms with E-state index in [2.05, 4.69) is 50.6 Å². The first-order chi connectivity index (χ1) is 16.8. The Labute approximate surface area is 204 Å². The summed E-state index contributed by atoms with van der Waals surface area (Å²) in [6.45, 7) is 11.7. The van der Waals surface area contributed by atoms with Gasteiger partial charge in [-0.25, -0.2) is 14.8 Å². The van der Waals surface area contributed by atoms with Gasteiger partial charge in [0.25, 0.3) is 0 Å². The van der Waals surface area contributed by atoms with Crippen molar-refractivity contribution in [1.82, 2.24) is 29.4 Å². The van der Waals surface area contributed by atoms with Crippen molar-refractivity contribution < 1.29 is 9.53 Å². The van der Waals surface area contributed by atoms with Crippen LogP contribution in [0.3, 0.4) is 0 Å². The van der Waals surface area contributed by atoms with Gasteiger partial charge in [0.15, 0.2) is 5.65 Å². The maximum absolute atomic E-state index is 12.6. The highest BCUT2D eigenvalue weighted by atomic mass is 16.6. The number of imidazole rings is 1. The molecule has 4 aromatic rings. The minimum Gasteiger partial charge on any atom is -0.444 e. The van der Waals surface area contributed by atoms with Crippen LogP contribution < -0.4 is 4.90 Å². The van der Waals surface area contributed by atoms with Gasteiger partial charge < -0.3 is 24.1 Å². The molecule has 0 radical (unpaired) electrons. The number of aromatic nitrogens is 5. The van der Waals surface area contributed by atoms with Crippen molar-refractivity contribution in [3.05, 3.63) is 36.8 Å². The number of likely N-dealkylation sites (tertiary alicyclic amines) is 1. The predicted molar refractivity (Wildman–Crippen MR) is 135 cm³/mol. The highest BCUT2D eigenvalue weighted by molar-refractivity contribution is 5.92. The molecule has 9 nitrogen and oxygen atoms in total. The Morgan fingerprint density at radius 2 is 1.89 bits per heavy atom. The minimum atomic E-state index is -0.480. The van der Waals surface area contributed by atoms with Crippen LogP contribution >= 0.6 is 0 Å². The maximum atomic E-state index is 12.6. The van der Waals surface area contributed by atoms with Crippen LogP contribution in [0.15, 0.2) is 36.8 Å². The molecule has 9 heteroatoms. The van der Waals surface area contributed by atoms with Gasteiger partial charge in [-0.05, 0) is 45.2 Å². The van der Waals surface area contributed by atoms with Crippen molar-refractivity contribution in [2.75, 3.05) is 31.1 Å². The maximum Gasteiger partial charge on any atom is 0.410 e. The van der Waals surface area contributed by atoms with Gasteiger partial charge in [0, 0.05) is 61.8 Å². The van der Waals surface area contributed by atoms with Crippen LogP contribution in [0.5, 0.6) is 0 Å². The normalized spacial score (nSPS) is 20.2. The summed E-state index contributed by atoms with van der Waals surface area (Å²) in [5.74, 6) is 1.50. The molecular formula is C26H31N7O2. The van der Waals surface area contributed by atoms with E-state index in [-0.39, 0.29) is 6.09 Å². The number of aryl methyl sites for hydroxylation is 1. The van der Waals surface area contributed by atoms with Crippen LogP contribution in [-0.4, -0.2) is 67.3 Å². The first kappa shape index (κ1) is 21.9. The van der Waals surface area contributed by atoms with Crippen molar-refractivity contribution in [2.24, 2.45) is 11.8 Å². The molecular weight excluding hydrogens is 442 g/mol. The lowest BCUT2D eigenvalue weighted by Gasteiger charge is -2.26. The molecule has 5 heterocycles. The lowest BCUT2D eigenvalue weighted by atomic mass is 10.0. The number of hydrogen-bond donors (Lipinski definition) is 1. The summed E-state index contributed by atoms with van der Waals surface area (Å²) >= 11 is 0. The van der Waals surface area contributed by atoms with E-state index in [0.717, 1.165) is 53.5 Å². The zero-order chi connectivity index (χ0) is 24.3. The van der Waals surface area contributed by atoms with Crippen LogP contribution in [-0.2, 0) is 11.3 Å². The van der Waals surface area contributed by atoms with Crippen molar-refractivity contribution >= 4 is 34.1 Å². The van der Waals surface area contributed by atoms with Crippen molar-refractivity contribution in [1.29, 1.82) is 0 Å². The van der Waals surface area contributed by atoms with E-state index < -0.39 is 5.60 Å². The van der Waals surface area contributed by atoms with E-state index in [4.69, 9.17) is 14.7 Å². The molecule has 2 aliphatic rings. The number of nitrogens with zero attached hydrogens (tertiary/aromatic N) is 6. The molecule has 35 heavy (non-hydrogen) atoms. The van der Waals surface area contributed by atoms with Gasteiger partial charge in [0.05, 0.1) is 6.33 Å². The molecule has 0 aliphatic carbocycles. The lowest BCUT2D eigenvalue weighted by molar-refractivity contribution is 0.0282. The Morgan fingerprint density at radius 3 is 2.60 bits per heavy atom. The average molecular weight is 474 g/mol. The van der Waals surface area contributed by atoms with Crippen LogP contribution in [0.2, 0.25) is 0 Å². The van der Waals surface area contributed by atoms with Crippen molar-refractivity contribution in [2.45, 2.75) is 39.8 Å². The summed E-state index contributed by atoms with van der Waals surface area (Å²) in [4.78, 5) is 34.6. The molecule has 182 valence electrons. The Morgan fingerprint density at radius 1 is 1.11 bits per heavy atom. The number of anilines is 1. The Bertz CT molecular complexity index is 1400. The zero-order valence-corrected chi connectivity index (χ0v) is 20.7. The number of carbonyl (C=O) groups excluding carboxylic acids is 1. The molecule has 0 bridgehead atoms. The third kappa shape index (κ3) is 3.88. The molecule has 2 atom stereocenters. The first-order valence-electron chi connectivity index (χ1n) is 12.3. The third-order valence-electron chi connectivity index (χ3n) is 7.04. The quantitative estimate of drug-likeness (QED) is 0.477. The minimum absolute atomic E-state index is 0.218. The fourth-order valence-electron chi connectivity index (χ4n) is 5.33. The molecule has 6 rings (SSSR count). The molecule has 1 aromatic carbocycles. The third-order valence-corrected chi connectivity index (χ3v) is 7.04. The number of ether oxygens (including phenoxy) is 1. The highest BCUT2D eigenvalue weighted by Crippen LogP contribution is 2.36. The van der Waals surface area contributed by atoms with E-state index >= 15 is 0 Å². The van der Waals surface area contributed by atoms with Gasteiger partial charge in [-0.2, -0.15) is 4.98 Å². The molecule has 2 aliphatic heterocycles. The monoisotopic (exact) mass is 473 g/mol. The predicted octanol–water partition coefficient (Wildman–Crippen LogP) is 4.30. The number of fused-ring (bicyclic) bond motifs is 3. The molecule has 1 N–H and O–H groups in total. The van der Waals surface area contributed by atoms with Crippen LogP contribution in [0, 0.1) is 11.8 Å². The van der Waals surface area contributed by atoms with E-state index in [1.807, 2.05) is 38.2 Å². The Balaban J connectivity index is 1.30. The summed E-state index contributed by atoms with van der Waals surface area (Å²) in [6, 6.07) is 8.40. The molecule has 1 amide bonds. The summed E-state index contributed by atoms with van der Waals surface area (Å²) < 4.78 is 7.66. The number of H-pyrrole nitrogens is 1. The highest BCUT2D eigenvalue weighted by Gasteiger charge is 2.43. The number of benzene rings is 1. The number of carbonyl (C=O) groups is 1. The first-order valence-corrected chi connectivity index (χ1v) is 12.3. The Hall–Kier alpha value is -3.62. The Kier molecular flexibility index (Phi) is 4.98. The summed E-state index contributed by atoms with van der Waals surface area (Å²) in [5.41, 5.74) is 4.13. The van der Waals surface area contributed by atoms with Gasteiger partial charge in [-0.1, -0.05) is 12.1 Å². The standard InChI is InChI=1S/C26H31N7O2/c1-5-31-15-28-22-21(17-7-6-16-8-9-27-20(16)10-17)29-24(30-23(22)31)32-11-18-13-33(14-19(18)12-32)25(34)35-26(2,3)4/h6-10,15,18-19,27H,5,11-14H2,1-4H3. The number of aromatic amines is 1. The van der Waals surface area contributed by atoms with Crippen LogP contribution in [0.4, 0.5) is 10.7 Å². The second-order valence-electron chi connectivity index (χ2n) is 10.7. The zero-order valence-electron chi connectivity index (χ0n) is 20.7. The fourth-order valence-corrected chi connectivity index (χ4v) is 5.33. The average Bonchev–Trinajstić information content (AvgIpc) is 3.58. The van der Waals surface area contributed by atoms with E-state index in [1.165, 1.54) is 5.39 Å². The molecule has 2 unspecified atom stereocenters. The summed E-state index contributed by atoms with van der Waals surface area (Å²) in [6.07, 6.45) is 3.58. The van der Waals surface area contributed by atoms with Crippen LogP contribution in [0.1, 0.15) is 27.7 Å². The van der Waals surface area contributed by atoms with Crippen molar-refractivity contribution in [3.63, 3.8) is 0 Å². The molecule has 0 saturated carbocycles. The summed E-state index contributed by atoms with van der Waals surface area (Å²) in [5, 5.41) is 1.17. The number of rotatable bonds is 3. The number of nitrogens with one attached hydrogen (secondary N) is 1. The van der Waals surface area contributed by atoms with Crippen LogP contribution in [0.25, 0.3) is 33.3 Å².